The summed E-state index contributed by atoms with van der Waals surface area (Å²) < 4.78 is 41.5. The van der Waals surface area contributed by atoms with Gasteiger partial charge in [-0.1, -0.05) is 63.7 Å². The van der Waals surface area contributed by atoms with Crippen LogP contribution in [0.4, 0.5) is 13.2 Å². The fraction of sp³-hybridized carbons (Fsp3) is 0.810. The molecule has 0 aromatic rings. The van der Waals surface area contributed by atoms with Gasteiger partial charge in [-0.3, -0.25) is 0 Å². The number of rotatable bonds is 9. The van der Waals surface area contributed by atoms with Crippen molar-refractivity contribution >= 4 is 0 Å². The maximum absolute atomic E-state index is 12.2. The van der Waals surface area contributed by atoms with E-state index in [9.17, 15) is 13.2 Å². The molecule has 0 aromatic heterocycles. The van der Waals surface area contributed by atoms with Crippen LogP contribution in [0.15, 0.2) is 23.8 Å². The first-order valence-electron chi connectivity index (χ1n) is 10.0. The van der Waals surface area contributed by atoms with Crippen molar-refractivity contribution < 1.29 is 17.9 Å². The highest BCUT2D eigenvalue weighted by Gasteiger charge is 2.29. The zero-order chi connectivity index (χ0) is 18.1. The van der Waals surface area contributed by atoms with E-state index in [1.807, 2.05) is 6.08 Å². The predicted molar refractivity (Wildman–Crippen MR) is 96.5 cm³/mol. The molecule has 1 atom stereocenters. The highest BCUT2D eigenvalue weighted by atomic mass is 19.4. The number of halogens is 3. The normalized spacial score (nSPS) is 27.4. The molecule has 0 aromatic carbocycles. The largest absolute Gasteiger partial charge is 0.411 e. The van der Waals surface area contributed by atoms with E-state index < -0.39 is 18.9 Å². The average Bonchev–Trinajstić information content (AvgIpc) is 2.60. The first kappa shape index (κ1) is 20.5. The smallest absolute Gasteiger partial charge is 0.364 e. The standard InChI is InChI=1S/C21H33F3O/c1-2-3-4-5-6-7-17-8-10-18(11-9-17)19-12-14-20(15-13-19)25-16-21(22,23)24/h12-14,17-18,20H,2-11,15-16H2,1H3/t17-,18-,20?. The lowest BCUT2D eigenvalue weighted by Crippen LogP contribution is -2.23. The molecule has 0 heterocycles. The molecular formula is C21H33F3O. The van der Waals surface area contributed by atoms with E-state index in [0.29, 0.717) is 12.3 Å². The van der Waals surface area contributed by atoms with Gasteiger partial charge in [0, 0.05) is 0 Å². The van der Waals surface area contributed by atoms with Crippen LogP contribution >= 0.6 is 0 Å². The zero-order valence-electron chi connectivity index (χ0n) is 15.5. The number of ether oxygens (including phenoxy) is 1. The lowest BCUT2D eigenvalue weighted by molar-refractivity contribution is -0.180. The second kappa shape index (κ2) is 10.4. The van der Waals surface area contributed by atoms with Crippen LogP contribution in [-0.2, 0) is 4.74 Å². The third-order valence-corrected chi connectivity index (χ3v) is 5.58. The van der Waals surface area contributed by atoms with E-state index in [0.717, 1.165) is 5.92 Å². The van der Waals surface area contributed by atoms with Crippen LogP contribution in [0.2, 0.25) is 0 Å². The Kier molecular flexibility index (Phi) is 8.54. The molecule has 0 aliphatic heterocycles. The van der Waals surface area contributed by atoms with Crippen LogP contribution < -0.4 is 0 Å². The van der Waals surface area contributed by atoms with Gasteiger partial charge in [0.2, 0.25) is 0 Å². The van der Waals surface area contributed by atoms with Crippen molar-refractivity contribution in [2.75, 3.05) is 6.61 Å². The quantitative estimate of drug-likeness (QED) is 0.404. The highest BCUT2D eigenvalue weighted by Crippen LogP contribution is 2.37. The zero-order valence-corrected chi connectivity index (χ0v) is 15.5. The second-order valence-corrected chi connectivity index (χ2v) is 7.68. The molecule has 2 rings (SSSR count). The lowest BCUT2D eigenvalue weighted by Gasteiger charge is -2.31. The Hall–Kier alpha value is -0.770. The first-order valence-corrected chi connectivity index (χ1v) is 10.0. The fourth-order valence-electron chi connectivity index (χ4n) is 4.07. The summed E-state index contributed by atoms with van der Waals surface area (Å²) in [7, 11) is 0. The van der Waals surface area contributed by atoms with E-state index in [1.54, 1.807) is 6.08 Å². The van der Waals surface area contributed by atoms with Gasteiger partial charge in [0.15, 0.2) is 0 Å². The molecule has 0 radical (unpaired) electrons. The SMILES string of the molecule is CCCCCCC[C@H]1CC[C@H](C2=CCC(OCC(F)(F)F)C=C2)CC1. The van der Waals surface area contributed by atoms with E-state index in [1.165, 1.54) is 69.8 Å². The monoisotopic (exact) mass is 358 g/mol. The van der Waals surface area contributed by atoms with Crippen molar-refractivity contribution in [2.45, 2.75) is 89.8 Å². The lowest BCUT2D eigenvalue weighted by atomic mass is 9.76. The van der Waals surface area contributed by atoms with E-state index in [-0.39, 0.29) is 0 Å². The Morgan fingerprint density at radius 1 is 1.04 bits per heavy atom. The van der Waals surface area contributed by atoms with Gasteiger partial charge in [0.05, 0.1) is 6.10 Å². The van der Waals surface area contributed by atoms with Gasteiger partial charge >= 0.3 is 6.18 Å². The summed E-state index contributed by atoms with van der Waals surface area (Å²) in [6, 6.07) is 0. The molecule has 1 fully saturated rings. The van der Waals surface area contributed by atoms with Crippen molar-refractivity contribution in [3.8, 4) is 0 Å². The third kappa shape index (κ3) is 7.98. The molecule has 2 aliphatic rings. The van der Waals surface area contributed by atoms with Crippen molar-refractivity contribution in [3.05, 3.63) is 23.8 Å². The molecule has 25 heavy (non-hydrogen) atoms. The van der Waals surface area contributed by atoms with Gasteiger partial charge < -0.3 is 4.74 Å². The molecule has 0 spiro atoms. The van der Waals surface area contributed by atoms with Crippen LogP contribution in [0.25, 0.3) is 0 Å². The molecule has 0 bridgehead atoms. The maximum Gasteiger partial charge on any atom is 0.411 e. The van der Waals surface area contributed by atoms with Gasteiger partial charge in [-0.05, 0) is 49.5 Å². The Balaban J connectivity index is 1.63. The van der Waals surface area contributed by atoms with Gasteiger partial charge in [-0.25, -0.2) is 0 Å². The van der Waals surface area contributed by atoms with Gasteiger partial charge in [-0.2, -0.15) is 13.2 Å². The second-order valence-electron chi connectivity index (χ2n) is 7.68. The molecule has 4 heteroatoms. The molecule has 1 unspecified atom stereocenters. The number of alkyl halides is 3. The minimum Gasteiger partial charge on any atom is -0.364 e. The summed E-state index contributed by atoms with van der Waals surface area (Å²) in [6.07, 6.45) is 15.0. The van der Waals surface area contributed by atoms with Crippen molar-refractivity contribution in [1.29, 1.82) is 0 Å². The highest BCUT2D eigenvalue weighted by molar-refractivity contribution is 5.27. The summed E-state index contributed by atoms with van der Waals surface area (Å²) in [4.78, 5) is 0. The summed E-state index contributed by atoms with van der Waals surface area (Å²) in [5, 5.41) is 0. The Labute approximate surface area is 150 Å². The Bertz CT molecular complexity index is 431. The third-order valence-electron chi connectivity index (χ3n) is 5.58. The molecule has 1 nitrogen and oxygen atoms in total. The summed E-state index contributed by atoms with van der Waals surface area (Å²) in [5.41, 5.74) is 1.31. The van der Waals surface area contributed by atoms with Crippen LogP contribution in [0.3, 0.4) is 0 Å². The van der Waals surface area contributed by atoms with E-state index >= 15 is 0 Å². The summed E-state index contributed by atoms with van der Waals surface area (Å²) in [5.74, 6) is 1.48. The molecule has 1 saturated carbocycles. The van der Waals surface area contributed by atoms with Crippen LogP contribution in [-0.4, -0.2) is 18.9 Å². The topological polar surface area (TPSA) is 9.23 Å². The van der Waals surface area contributed by atoms with Crippen LogP contribution in [0.1, 0.15) is 77.6 Å². The van der Waals surface area contributed by atoms with Gasteiger partial charge in [0.25, 0.3) is 0 Å². The average molecular weight is 358 g/mol. The minimum absolute atomic E-state index is 0.426. The van der Waals surface area contributed by atoms with Crippen molar-refractivity contribution in [3.63, 3.8) is 0 Å². The molecule has 0 amide bonds. The molecule has 0 N–H and O–H groups in total. The summed E-state index contributed by atoms with van der Waals surface area (Å²) >= 11 is 0. The van der Waals surface area contributed by atoms with Gasteiger partial charge in [0.1, 0.15) is 6.61 Å². The van der Waals surface area contributed by atoms with Crippen molar-refractivity contribution in [2.24, 2.45) is 11.8 Å². The minimum atomic E-state index is -4.24. The van der Waals surface area contributed by atoms with Crippen LogP contribution in [0.5, 0.6) is 0 Å². The van der Waals surface area contributed by atoms with E-state index in [4.69, 9.17) is 4.74 Å². The van der Waals surface area contributed by atoms with Crippen LogP contribution in [0, 0.1) is 11.8 Å². The Morgan fingerprint density at radius 2 is 1.76 bits per heavy atom. The maximum atomic E-state index is 12.2. The molecule has 0 saturated heterocycles. The number of hydrogen-bond acceptors (Lipinski definition) is 1. The van der Waals surface area contributed by atoms with E-state index in [2.05, 4.69) is 13.0 Å². The summed E-state index contributed by atoms with van der Waals surface area (Å²) in [6.45, 7) is 1.09. The first-order chi connectivity index (χ1) is 12.0. The number of allylic oxidation sites excluding steroid dienone is 2. The number of unbranched alkanes of at least 4 members (excludes halogenated alkanes) is 4. The van der Waals surface area contributed by atoms with Crippen molar-refractivity contribution in [1.82, 2.24) is 0 Å². The predicted octanol–water partition coefficient (Wildman–Crippen LogP) is 6.99. The fourth-order valence-corrected chi connectivity index (χ4v) is 4.07. The number of hydrogen-bond donors (Lipinski definition) is 0. The van der Waals surface area contributed by atoms with Gasteiger partial charge in [-0.15, -0.1) is 0 Å². The Morgan fingerprint density at radius 3 is 2.36 bits per heavy atom. The molecule has 2 aliphatic carbocycles. The molecular weight excluding hydrogens is 325 g/mol. The molecule has 144 valence electrons.